The van der Waals surface area contributed by atoms with Crippen LogP contribution in [0, 0.1) is 20.8 Å². The number of nitrogens with one attached hydrogen (secondary N) is 1. The van der Waals surface area contributed by atoms with Crippen molar-refractivity contribution in [3.63, 3.8) is 0 Å². The molecule has 0 radical (unpaired) electrons. The summed E-state index contributed by atoms with van der Waals surface area (Å²) in [6.45, 7) is 5.89. The van der Waals surface area contributed by atoms with Gasteiger partial charge in [-0.05, 0) is 33.6 Å². The van der Waals surface area contributed by atoms with Crippen LogP contribution in [-0.2, 0) is 0 Å². The molecule has 3 heterocycles. The van der Waals surface area contributed by atoms with Gasteiger partial charge in [-0.25, -0.2) is 9.67 Å². The lowest BCUT2D eigenvalue weighted by molar-refractivity contribution is 0.393. The third kappa shape index (κ3) is 1.81. The van der Waals surface area contributed by atoms with Gasteiger partial charge in [0.05, 0.1) is 23.0 Å². The van der Waals surface area contributed by atoms with E-state index in [-0.39, 0.29) is 0 Å². The van der Waals surface area contributed by atoms with Crippen molar-refractivity contribution in [1.29, 1.82) is 0 Å². The van der Waals surface area contributed by atoms with Crippen LogP contribution in [-0.4, -0.2) is 24.9 Å². The number of nitrogens with zero attached hydrogens (tertiary/aromatic N) is 4. The first-order valence-electron chi connectivity index (χ1n) is 7.53. The van der Waals surface area contributed by atoms with Crippen molar-refractivity contribution in [3.8, 4) is 11.4 Å². The van der Waals surface area contributed by atoms with Gasteiger partial charge in [-0.15, -0.1) is 0 Å². The van der Waals surface area contributed by atoms with E-state index in [9.17, 15) is 0 Å². The molecular weight excluding hydrogens is 266 g/mol. The van der Waals surface area contributed by atoms with Crippen molar-refractivity contribution < 1.29 is 4.52 Å². The maximum absolute atomic E-state index is 5.25. The zero-order valence-corrected chi connectivity index (χ0v) is 12.6. The van der Waals surface area contributed by atoms with Crippen molar-refractivity contribution in [2.24, 2.45) is 0 Å². The lowest BCUT2D eigenvalue weighted by atomic mass is 10.2. The average Bonchev–Trinajstić information content (AvgIpc) is 3.18. The second-order valence-corrected chi connectivity index (χ2v) is 5.95. The maximum Gasteiger partial charge on any atom is 0.177 e. The fourth-order valence-electron chi connectivity index (χ4n) is 3.38. The van der Waals surface area contributed by atoms with Crippen LogP contribution in [0.3, 0.4) is 0 Å². The van der Waals surface area contributed by atoms with Gasteiger partial charge in [0.1, 0.15) is 17.1 Å². The molecule has 0 bridgehead atoms. The minimum absolute atomic E-state index is 0.488. The molecule has 1 fully saturated rings. The summed E-state index contributed by atoms with van der Waals surface area (Å²) in [6, 6.07) is 0.488. The molecule has 0 unspecified atom stereocenters. The van der Waals surface area contributed by atoms with E-state index < -0.39 is 0 Å². The van der Waals surface area contributed by atoms with Crippen LogP contribution in [0.4, 0.5) is 0 Å². The molecule has 1 aliphatic rings. The summed E-state index contributed by atoms with van der Waals surface area (Å²) < 4.78 is 7.36. The summed E-state index contributed by atoms with van der Waals surface area (Å²) in [5.74, 6) is 1.62. The van der Waals surface area contributed by atoms with Crippen molar-refractivity contribution >= 4 is 11.2 Å². The molecule has 0 saturated heterocycles. The summed E-state index contributed by atoms with van der Waals surface area (Å²) >= 11 is 0. The molecular formula is C15H19N5O. The third-order valence-corrected chi connectivity index (χ3v) is 4.46. The maximum atomic E-state index is 5.25. The number of hydrogen-bond acceptors (Lipinski definition) is 4. The Morgan fingerprint density at radius 1 is 1.14 bits per heavy atom. The van der Waals surface area contributed by atoms with Gasteiger partial charge in [0.25, 0.3) is 0 Å². The zero-order chi connectivity index (χ0) is 14.6. The second-order valence-electron chi connectivity index (χ2n) is 5.95. The molecule has 110 valence electrons. The first-order valence-corrected chi connectivity index (χ1v) is 7.53. The van der Waals surface area contributed by atoms with Crippen LogP contribution >= 0.6 is 0 Å². The second kappa shape index (κ2) is 4.44. The highest BCUT2D eigenvalue weighted by Crippen LogP contribution is 2.33. The fourth-order valence-corrected chi connectivity index (χ4v) is 3.38. The molecule has 0 atom stereocenters. The van der Waals surface area contributed by atoms with Gasteiger partial charge in [-0.1, -0.05) is 18.0 Å². The Balaban J connectivity index is 1.88. The van der Waals surface area contributed by atoms with Crippen LogP contribution in [0.1, 0.15) is 48.9 Å². The monoisotopic (exact) mass is 285 g/mol. The van der Waals surface area contributed by atoms with Crippen LogP contribution < -0.4 is 0 Å². The van der Waals surface area contributed by atoms with Gasteiger partial charge in [-0.3, -0.25) is 0 Å². The molecule has 0 amide bonds. The predicted molar refractivity (Wildman–Crippen MR) is 79.1 cm³/mol. The molecule has 0 spiro atoms. The number of imidazole rings is 1. The van der Waals surface area contributed by atoms with E-state index in [1.165, 1.54) is 25.7 Å². The number of fused-ring (bicyclic) bond motifs is 1. The summed E-state index contributed by atoms with van der Waals surface area (Å²) in [5, 5.41) is 8.69. The average molecular weight is 285 g/mol. The van der Waals surface area contributed by atoms with E-state index in [1.807, 2.05) is 20.8 Å². The predicted octanol–water partition coefficient (Wildman–Crippen LogP) is 3.45. The lowest BCUT2D eigenvalue weighted by Crippen LogP contribution is -2.07. The fraction of sp³-hybridized carbons (Fsp3) is 0.533. The van der Waals surface area contributed by atoms with Gasteiger partial charge >= 0.3 is 0 Å². The number of rotatable bonds is 2. The molecule has 4 rings (SSSR count). The highest BCUT2D eigenvalue weighted by Gasteiger charge is 2.24. The molecule has 1 N–H and O–H groups in total. The van der Waals surface area contributed by atoms with Crippen LogP contribution in [0.5, 0.6) is 0 Å². The molecule has 0 aromatic carbocycles. The van der Waals surface area contributed by atoms with Gasteiger partial charge in [0.2, 0.25) is 0 Å². The van der Waals surface area contributed by atoms with Gasteiger partial charge in [0.15, 0.2) is 5.65 Å². The zero-order valence-electron chi connectivity index (χ0n) is 12.6. The Kier molecular flexibility index (Phi) is 2.67. The van der Waals surface area contributed by atoms with E-state index in [2.05, 4.69) is 19.9 Å². The number of aryl methyl sites for hydroxylation is 3. The number of H-pyrrole nitrogens is 1. The van der Waals surface area contributed by atoms with E-state index in [4.69, 9.17) is 9.51 Å². The van der Waals surface area contributed by atoms with Crippen molar-refractivity contribution in [2.45, 2.75) is 52.5 Å². The van der Waals surface area contributed by atoms with Crippen molar-refractivity contribution in [1.82, 2.24) is 24.9 Å². The summed E-state index contributed by atoms with van der Waals surface area (Å²) in [7, 11) is 0. The Morgan fingerprint density at radius 3 is 2.57 bits per heavy atom. The third-order valence-electron chi connectivity index (χ3n) is 4.46. The number of hydrogen-bond donors (Lipinski definition) is 1. The topological polar surface area (TPSA) is 72.5 Å². The first kappa shape index (κ1) is 12.6. The molecule has 1 aliphatic carbocycles. The molecule has 1 saturated carbocycles. The van der Waals surface area contributed by atoms with E-state index in [0.717, 1.165) is 39.7 Å². The van der Waals surface area contributed by atoms with Crippen LogP contribution in [0.2, 0.25) is 0 Å². The first-order chi connectivity index (χ1) is 10.1. The molecule has 6 nitrogen and oxygen atoms in total. The highest BCUT2D eigenvalue weighted by atomic mass is 16.5. The largest absolute Gasteiger partial charge is 0.361 e. The molecule has 6 heteroatoms. The standard InChI is InChI=1S/C15H19N5O/c1-8-12(10(3)21-19-8)14-16-13-9(2)18-20(15(13)17-14)11-6-4-5-7-11/h11H,4-7H2,1-3H3,(H,16,17). The molecule has 21 heavy (non-hydrogen) atoms. The Labute approximate surface area is 122 Å². The lowest BCUT2D eigenvalue weighted by Gasteiger charge is -2.09. The number of aromatic nitrogens is 5. The van der Waals surface area contributed by atoms with E-state index in [0.29, 0.717) is 6.04 Å². The van der Waals surface area contributed by atoms with Crippen molar-refractivity contribution in [3.05, 3.63) is 17.1 Å². The minimum Gasteiger partial charge on any atom is -0.361 e. The summed E-state index contributed by atoms with van der Waals surface area (Å²) in [5.41, 5.74) is 4.80. The molecule has 3 aromatic rings. The summed E-state index contributed by atoms with van der Waals surface area (Å²) in [4.78, 5) is 8.18. The van der Waals surface area contributed by atoms with Gasteiger partial charge in [-0.2, -0.15) is 5.10 Å². The number of aromatic amines is 1. The highest BCUT2D eigenvalue weighted by molar-refractivity contribution is 5.79. The Bertz CT molecular complexity index is 784. The quantitative estimate of drug-likeness (QED) is 0.782. The van der Waals surface area contributed by atoms with Crippen LogP contribution in [0.25, 0.3) is 22.6 Å². The summed E-state index contributed by atoms with van der Waals surface area (Å²) in [6.07, 6.45) is 4.96. The van der Waals surface area contributed by atoms with E-state index in [1.54, 1.807) is 0 Å². The van der Waals surface area contributed by atoms with Gasteiger partial charge in [0, 0.05) is 0 Å². The van der Waals surface area contributed by atoms with E-state index >= 15 is 0 Å². The normalized spacial score (nSPS) is 16.3. The Morgan fingerprint density at radius 2 is 1.90 bits per heavy atom. The smallest absolute Gasteiger partial charge is 0.177 e. The SMILES string of the molecule is Cc1noc(C)c1-c1nc2c([nH]1)c(C)nn2C1CCCC1. The van der Waals surface area contributed by atoms with Crippen LogP contribution in [0.15, 0.2) is 4.52 Å². The van der Waals surface area contributed by atoms with Crippen molar-refractivity contribution in [2.75, 3.05) is 0 Å². The van der Waals surface area contributed by atoms with Gasteiger partial charge < -0.3 is 9.51 Å². The Hall–Kier alpha value is -2.11. The molecule has 3 aromatic heterocycles. The molecule has 0 aliphatic heterocycles. The minimum atomic E-state index is 0.488.